The molecule has 1 saturated heterocycles. The molecule has 4 heteroatoms. The second-order valence-corrected chi connectivity index (χ2v) is 5.11. The summed E-state index contributed by atoms with van der Waals surface area (Å²) in [7, 11) is 2.27. The lowest BCUT2D eigenvalue weighted by molar-refractivity contribution is 0.213. The SMILES string of the molecule is CC.Fc1ccccc1.O=C(P)N1CCCC12CC2. The summed E-state index contributed by atoms with van der Waals surface area (Å²) < 4.78 is 11.9. The summed E-state index contributed by atoms with van der Waals surface area (Å²) in [4.78, 5) is 13.0. The van der Waals surface area contributed by atoms with Crippen LogP contribution in [0.25, 0.3) is 0 Å². The largest absolute Gasteiger partial charge is 0.334 e. The maximum atomic E-state index is 11.9. The number of halogens is 1. The second-order valence-electron chi connectivity index (χ2n) is 4.61. The van der Waals surface area contributed by atoms with Crippen LogP contribution in [0.2, 0.25) is 0 Å². The first-order chi connectivity index (χ1) is 9.14. The summed E-state index contributed by atoms with van der Waals surface area (Å²) in [5.74, 6) is -0.178. The van der Waals surface area contributed by atoms with Crippen molar-refractivity contribution in [2.24, 2.45) is 0 Å². The number of rotatable bonds is 0. The maximum absolute atomic E-state index is 11.9. The Labute approximate surface area is 117 Å². The molecule has 1 aromatic rings. The van der Waals surface area contributed by atoms with E-state index in [2.05, 4.69) is 9.24 Å². The first-order valence-corrected chi connectivity index (χ1v) is 7.49. The Balaban J connectivity index is 0.000000177. The van der Waals surface area contributed by atoms with Crippen LogP contribution in [-0.2, 0) is 0 Å². The van der Waals surface area contributed by atoms with Crippen LogP contribution in [0.3, 0.4) is 0 Å². The van der Waals surface area contributed by atoms with Crippen molar-refractivity contribution in [1.82, 2.24) is 4.90 Å². The molecule has 2 fully saturated rings. The summed E-state index contributed by atoms with van der Waals surface area (Å²) in [5.41, 5.74) is 0.536. The van der Waals surface area contributed by atoms with E-state index in [0.717, 1.165) is 6.54 Å². The predicted molar refractivity (Wildman–Crippen MR) is 80.8 cm³/mol. The summed E-state index contributed by atoms with van der Waals surface area (Å²) in [5, 5.41) is 0. The zero-order valence-corrected chi connectivity index (χ0v) is 12.9. The third kappa shape index (κ3) is 4.58. The molecule has 1 spiro atoms. The topological polar surface area (TPSA) is 20.3 Å². The third-order valence-corrected chi connectivity index (χ3v) is 3.73. The summed E-state index contributed by atoms with van der Waals surface area (Å²) >= 11 is 0. The highest BCUT2D eigenvalue weighted by molar-refractivity contribution is 7.39. The number of hydrogen-bond acceptors (Lipinski definition) is 1. The molecule has 106 valence electrons. The smallest absolute Gasteiger partial charge is 0.237 e. The van der Waals surface area contributed by atoms with Crippen molar-refractivity contribution in [3.8, 4) is 0 Å². The molecule has 1 amide bonds. The quantitative estimate of drug-likeness (QED) is 0.644. The van der Waals surface area contributed by atoms with Crippen LogP contribution < -0.4 is 0 Å². The zero-order valence-electron chi connectivity index (χ0n) is 11.7. The van der Waals surface area contributed by atoms with Crippen molar-refractivity contribution in [2.45, 2.75) is 45.1 Å². The highest BCUT2D eigenvalue weighted by Gasteiger charge is 2.51. The Kier molecular flexibility index (Phi) is 6.44. The van der Waals surface area contributed by atoms with E-state index in [-0.39, 0.29) is 11.5 Å². The molecule has 3 rings (SSSR count). The average molecular weight is 283 g/mol. The van der Waals surface area contributed by atoms with E-state index in [1.54, 1.807) is 18.2 Å². The van der Waals surface area contributed by atoms with Crippen LogP contribution in [0.15, 0.2) is 30.3 Å². The van der Waals surface area contributed by atoms with Gasteiger partial charge in [0.2, 0.25) is 5.65 Å². The Morgan fingerprint density at radius 1 is 1.21 bits per heavy atom. The number of hydrogen-bond donors (Lipinski definition) is 0. The molecular weight excluding hydrogens is 260 g/mol. The Morgan fingerprint density at radius 2 is 1.79 bits per heavy atom. The molecule has 1 unspecified atom stereocenters. The average Bonchev–Trinajstić information content (AvgIpc) is 3.04. The lowest BCUT2D eigenvalue weighted by Crippen LogP contribution is -2.32. The van der Waals surface area contributed by atoms with E-state index in [4.69, 9.17) is 0 Å². The molecule has 1 heterocycles. The zero-order chi connectivity index (χ0) is 14.3. The van der Waals surface area contributed by atoms with E-state index in [0.29, 0.717) is 5.54 Å². The van der Waals surface area contributed by atoms with Crippen molar-refractivity contribution in [2.75, 3.05) is 6.54 Å². The number of carbonyl (C=O) groups excluding carboxylic acids is 1. The van der Waals surface area contributed by atoms with Gasteiger partial charge in [-0.25, -0.2) is 4.39 Å². The van der Waals surface area contributed by atoms with Crippen LogP contribution in [-0.4, -0.2) is 22.6 Å². The predicted octanol–water partition coefficient (Wildman–Crippen LogP) is 4.46. The highest BCUT2D eigenvalue weighted by atomic mass is 31.0. The number of carbonyl (C=O) groups is 1. The fourth-order valence-corrected chi connectivity index (χ4v) is 2.76. The number of benzene rings is 1. The number of amides is 1. The number of likely N-dealkylation sites (tertiary alicyclic amines) is 1. The van der Waals surface area contributed by atoms with Gasteiger partial charge in [-0.2, -0.15) is 0 Å². The van der Waals surface area contributed by atoms with Gasteiger partial charge in [0.25, 0.3) is 0 Å². The van der Waals surface area contributed by atoms with Gasteiger partial charge < -0.3 is 4.90 Å². The van der Waals surface area contributed by atoms with Gasteiger partial charge in [-0.05, 0) is 47.1 Å². The monoisotopic (exact) mass is 283 g/mol. The molecule has 0 bridgehead atoms. The molecule has 0 N–H and O–H groups in total. The van der Waals surface area contributed by atoms with Crippen LogP contribution in [0.4, 0.5) is 9.18 Å². The fraction of sp³-hybridized carbons (Fsp3) is 0.533. The lowest BCUT2D eigenvalue weighted by atomic mass is 10.2. The van der Waals surface area contributed by atoms with Crippen molar-refractivity contribution >= 4 is 14.9 Å². The van der Waals surface area contributed by atoms with Crippen LogP contribution >= 0.6 is 9.24 Å². The molecular formula is C15H23FNOP. The normalized spacial score (nSPS) is 18.0. The molecule has 2 nitrogen and oxygen atoms in total. The van der Waals surface area contributed by atoms with E-state index < -0.39 is 0 Å². The first kappa shape index (κ1) is 16.1. The van der Waals surface area contributed by atoms with Crippen LogP contribution in [0.1, 0.15) is 39.5 Å². The van der Waals surface area contributed by atoms with Gasteiger partial charge in [-0.3, -0.25) is 4.79 Å². The number of nitrogens with zero attached hydrogens (tertiary/aromatic N) is 1. The fourth-order valence-electron chi connectivity index (χ4n) is 2.36. The summed E-state index contributed by atoms with van der Waals surface area (Å²) in [6.07, 6.45) is 4.94. The van der Waals surface area contributed by atoms with E-state index in [9.17, 15) is 9.18 Å². The minimum atomic E-state index is -0.178. The van der Waals surface area contributed by atoms with Gasteiger partial charge in [0, 0.05) is 12.1 Å². The van der Waals surface area contributed by atoms with Crippen LogP contribution in [0, 0.1) is 5.82 Å². The van der Waals surface area contributed by atoms with E-state index in [1.807, 2.05) is 18.7 Å². The van der Waals surface area contributed by atoms with Gasteiger partial charge in [-0.15, -0.1) is 0 Å². The molecule has 1 saturated carbocycles. The van der Waals surface area contributed by atoms with Crippen molar-refractivity contribution in [1.29, 1.82) is 0 Å². The van der Waals surface area contributed by atoms with Gasteiger partial charge in [0.05, 0.1) is 0 Å². The Bertz CT molecular complexity index is 392. The molecule has 2 aliphatic rings. The first-order valence-electron chi connectivity index (χ1n) is 6.92. The second kappa shape index (κ2) is 7.59. The van der Waals surface area contributed by atoms with Crippen molar-refractivity contribution in [3.63, 3.8) is 0 Å². The highest BCUT2D eigenvalue weighted by Crippen LogP contribution is 2.49. The van der Waals surface area contributed by atoms with Gasteiger partial charge in [-0.1, -0.05) is 32.0 Å². The minimum Gasteiger partial charge on any atom is -0.334 e. The van der Waals surface area contributed by atoms with Gasteiger partial charge in [0.15, 0.2) is 0 Å². The minimum absolute atomic E-state index is 0.178. The maximum Gasteiger partial charge on any atom is 0.237 e. The Morgan fingerprint density at radius 3 is 2.11 bits per heavy atom. The molecule has 1 aliphatic heterocycles. The van der Waals surface area contributed by atoms with E-state index in [1.165, 1.54) is 37.8 Å². The molecule has 1 atom stereocenters. The standard InChI is InChI=1S/C7H12NOP.C6H5F.C2H6/c9-6(10)8-5-1-2-7(8)3-4-7;7-6-4-2-1-3-5-6;1-2/h1-5,10H2;1-5H;1-2H3. The molecule has 1 aliphatic carbocycles. The summed E-state index contributed by atoms with van der Waals surface area (Å²) in [6.45, 7) is 4.99. The van der Waals surface area contributed by atoms with E-state index >= 15 is 0 Å². The van der Waals surface area contributed by atoms with Crippen molar-refractivity contribution in [3.05, 3.63) is 36.1 Å². The molecule has 0 aromatic heterocycles. The van der Waals surface area contributed by atoms with Crippen LogP contribution in [0.5, 0.6) is 0 Å². The molecule has 0 radical (unpaired) electrons. The van der Waals surface area contributed by atoms with Gasteiger partial charge >= 0.3 is 0 Å². The molecule has 1 aromatic carbocycles. The Hall–Kier alpha value is -0.950. The lowest BCUT2D eigenvalue weighted by Gasteiger charge is -2.21. The van der Waals surface area contributed by atoms with Gasteiger partial charge in [0.1, 0.15) is 5.82 Å². The van der Waals surface area contributed by atoms with Crippen molar-refractivity contribution < 1.29 is 9.18 Å². The molecule has 19 heavy (non-hydrogen) atoms. The third-order valence-electron chi connectivity index (χ3n) is 3.42. The summed E-state index contributed by atoms with van der Waals surface area (Å²) in [6, 6.07) is 7.94.